The molecule has 138 valence electrons. The topological polar surface area (TPSA) is 79.7 Å². The van der Waals surface area contributed by atoms with E-state index in [1.165, 1.54) is 0 Å². The molecule has 7 heteroatoms. The van der Waals surface area contributed by atoms with Gasteiger partial charge in [0.25, 0.3) is 5.91 Å². The zero-order valence-corrected chi connectivity index (χ0v) is 15.3. The van der Waals surface area contributed by atoms with E-state index in [0.29, 0.717) is 18.7 Å². The molecule has 1 unspecified atom stereocenters. The lowest BCUT2D eigenvalue weighted by molar-refractivity contribution is -0.141. The molecule has 0 spiro atoms. The number of carbonyl (C=O) groups is 2. The highest BCUT2D eigenvalue weighted by Crippen LogP contribution is 2.29. The molecule has 27 heavy (non-hydrogen) atoms. The zero-order valence-electron chi connectivity index (χ0n) is 14.5. The van der Waals surface area contributed by atoms with Crippen molar-refractivity contribution in [3.63, 3.8) is 0 Å². The lowest BCUT2D eigenvalue weighted by atomic mass is 10.0. The molecule has 3 heterocycles. The summed E-state index contributed by atoms with van der Waals surface area (Å²) in [4.78, 5) is 31.6. The van der Waals surface area contributed by atoms with Crippen LogP contribution in [0.3, 0.4) is 0 Å². The SMILES string of the molecule is O=C(O)CC1CN(C(=O)c2cc(-c3cccs3)nc3ccccc23)CCO1. The van der Waals surface area contributed by atoms with Crippen LogP contribution in [0.15, 0.2) is 47.8 Å². The average molecular weight is 382 g/mol. The number of nitrogens with zero attached hydrogens (tertiary/aromatic N) is 2. The lowest BCUT2D eigenvalue weighted by Gasteiger charge is -2.32. The van der Waals surface area contributed by atoms with Crippen molar-refractivity contribution in [3.8, 4) is 10.6 Å². The third-order valence-corrected chi connectivity index (χ3v) is 5.44. The van der Waals surface area contributed by atoms with Crippen molar-refractivity contribution in [2.75, 3.05) is 19.7 Å². The number of aliphatic carboxylic acids is 1. The van der Waals surface area contributed by atoms with E-state index >= 15 is 0 Å². The number of rotatable bonds is 4. The van der Waals surface area contributed by atoms with Crippen molar-refractivity contribution in [2.45, 2.75) is 12.5 Å². The fraction of sp³-hybridized carbons (Fsp3) is 0.250. The molecule has 1 atom stereocenters. The van der Waals surface area contributed by atoms with Gasteiger partial charge in [0.2, 0.25) is 0 Å². The zero-order chi connectivity index (χ0) is 18.8. The maximum atomic E-state index is 13.3. The van der Waals surface area contributed by atoms with Crippen LogP contribution < -0.4 is 0 Å². The van der Waals surface area contributed by atoms with Gasteiger partial charge in [-0.15, -0.1) is 11.3 Å². The number of aromatic nitrogens is 1. The van der Waals surface area contributed by atoms with E-state index in [4.69, 9.17) is 14.8 Å². The van der Waals surface area contributed by atoms with Gasteiger partial charge in [-0.2, -0.15) is 0 Å². The van der Waals surface area contributed by atoms with Crippen LogP contribution in [0.2, 0.25) is 0 Å². The molecule has 0 bridgehead atoms. The summed E-state index contributed by atoms with van der Waals surface area (Å²) in [5.41, 5.74) is 2.12. The third kappa shape index (κ3) is 3.70. The molecule has 6 nitrogen and oxygen atoms in total. The first-order valence-electron chi connectivity index (χ1n) is 8.68. The quantitative estimate of drug-likeness (QED) is 0.749. The normalized spacial score (nSPS) is 17.2. The highest BCUT2D eigenvalue weighted by atomic mass is 32.1. The summed E-state index contributed by atoms with van der Waals surface area (Å²) in [5, 5.41) is 11.8. The summed E-state index contributed by atoms with van der Waals surface area (Å²) < 4.78 is 5.49. The summed E-state index contributed by atoms with van der Waals surface area (Å²) in [6.45, 7) is 1.06. The highest BCUT2D eigenvalue weighted by molar-refractivity contribution is 7.13. The van der Waals surface area contributed by atoms with Gasteiger partial charge in [0.05, 0.1) is 40.8 Å². The van der Waals surface area contributed by atoms with Gasteiger partial charge in [0.15, 0.2) is 0 Å². The van der Waals surface area contributed by atoms with Crippen LogP contribution in [0.5, 0.6) is 0 Å². The van der Waals surface area contributed by atoms with E-state index in [1.807, 2.05) is 47.8 Å². The molecule has 1 aliphatic rings. The molecule has 1 N–H and O–H groups in total. The molecule has 0 radical (unpaired) electrons. The van der Waals surface area contributed by atoms with Crippen LogP contribution in [0, 0.1) is 0 Å². The second kappa shape index (κ2) is 7.46. The smallest absolute Gasteiger partial charge is 0.306 e. The number of fused-ring (bicyclic) bond motifs is 1. The van der Waals surface area contributed by atoms with E-state index < -0.39 is 12.1 Å². The monoisotopic (exact) mass is 382 g/mol. The molecule has 3 aromatic rings. The number of carbonyl (C=O) groups excluding carboxylic acids is 1. The second-order valence-electron chi connectivity index (χ2n) is 6.39. The third-order valence-electron chi connectivity index (χ3n) is 4.55. The maximum Gasteiger partial charge on any atom is 0.306 e. The number of ether oxygens (including phenoxy) is 1. The summed E-state index contributed by atoms with van der Waals surface area (Å²) in [5.74, 6) is -1.05. The molecular weight excluding hydrogens is 364 g/mol. The Kier molecular flexibility index (Phi) is 4.87. The lowest BCUT2D eigenvalue weighted by Crippen LogP contribution is -2.46. The van der Waals surface area contributed by atoms with Crippen LogP contribution in [0.25, 0.3) is 21.5 Å². The minimum atomic E-state index is -0.927. The summed E-state index contributed by atoms with van der Waals surface area (Å²) in [6.07, 6.45) is -0.591. The van der Waals surface area contributed by atoms with Crippen LogP contribution in [-0.4, -0.2) is 52.7 Å². The largest absolute Gasteiger partial charge is 0.481 e. The molecule has 2 aromatic heterocycles. The van der Waals surface area contributed by atoms with Crippen molar-refractivity contribution in [1.29, 1.82) is 0 Å². The van der Waals surface area contributed by atoms with E-state index in [0.717, 1.165) is 21.5 Å². The standard InChI is InChI=1S/C20H18N2O4S/c23-19(24)10-13-12-22(7-8-26-13)20(25)15-11-17(18-6-3-9-27-18)21-16-5-2-1-4-14(15)16/h1-6,9,11,13H,7-8,10,12H2,(H,23,24). The van der Waals surface area contributed by atoms with Gasteiger partial charge in [0, 0.05) is 18.5 Å². The first-order valence-corrected chi connectivity index (χ1v) is 9.56. The Hall–Kier alpha value is -2.77. The summed E-state index contributed by atoms with van der Waals surface area (Å²) in [7, 11) is 0. The van der Waals surface area contributed by atoms with E-state index in [1.54, 1.807) is 16.2 Å². The molecule has 0 saturated carbocycles. The number of thiophene rings is 1. The number of morpholine rings is 1. The molecule has 1 amide bonds. The summed E-state index contributed by atoms with van der Waals surface area (Å²) in [6, 6.07) is 13.3. The predicted octanol–water partition coefficient (Wildman–Crippen LogP) is 3.28. The van der Waals surface area contributed by atoms with E-state index in [9.17, 15) is 9.59 Å². The maximum absolute atomic E-state index is 13.3. The highest BCUT2D eigenvalue weighted by Gasteiger charge is 2.28. The Bertz CT molecular complexity index is 987. The van der Waals surface area contributed by atoms with Crippen molar-refractivity contribution in [3.05, 3.63) is 53.4 Å². The van der Waals surface area contributed by atoms with E-state index in [2.05, 4.69) is 0 Å². The first-order chi connectivity index (χ1) is 13.1. The Morgan fingerprint density at radius 2 is 2.11 bits per heavy atom. The van der Waals surface area contributed by atoms with Gasteiger partial charge in [-0.25, -0.2) is 4.98 Å². The molecule has 1 saturated heterocycles. The van der Waals surface area contributed by atoms with Crippen molar-refractivity contribution in [1.82, 2.24) is 9.88 Å². The molecule has 1 aromatic carbocycles. The predicted molar refractivity (Wildman–Crippen MR) is 103 cm³/mol. The van der Waals surface area contributed by atoms with Gasteiger partial charge in [0.1, 0.15) is 0 Å². The van der Waals surface area contributed by atoms with Crippen molar-refractivity contribution < 1.29 is 19.4 Å². The minimum Gasteiger partial charge on any atom is -0.481 e. The second-order valence-corrected chi connectivity index (χ2v) is 7.34. The Balaban J connectivity index is 1.71. The average Bonchev–Trinajstić information content (AvgIpc) is 3.21. The number of carboxylic acid groups (broad SMARTS) is 1. The number of hydrogen-bond donors (Lipinski definition) is 1. The molecular formula is C20H18N2O4S. The Morgan fingerprint density at radius 1 is 1.26 bits per heavy atom. The number of benzene rings is 1. The molecule has 1 fully saturated rings. The summed E-state index contributed by atoms with van der Waals surface area (Å²) >= 11 is 1.58. The fourth-order valence-corrected chi connectivity index (χ4v) is 3.98. The van der Waals surface area contributed by atoms with Crippen LogP contribution in [0.1, 0.15) is 16.8 Å². The van der Waals surface area contributed by atoms with E-state index in [-0.39, 0.29) is 18.9 Å². The van der Waals surface area contributed by atoms with Gasteiger partial charge < -0.3 is 14.7 Å². The van der Waals surface area contributed by atoms with Crippen LogP contribution in [-0.2, 0) is 9.53 Å². The number of pyridine rings is 1. The minimum absolute atomic E-state index is 0.110. The van der Waals surface area contributed by atoms with Gasteiger partial charge in [-0.05, 0) is 23.6 Å². The number of para-hydroxylation sites is 1. The molecule has 0 aliphatic carbocycles. The Labute approximate surface area is 160 Å². The van der Waals surface area contributed by atoms with Gasteiger partial charge >= 0.3 is 5.97 Å². The Morgan fingerprint density at radius 3 is 2.89 bits per heavy atom. The fourth-order valence-electron chi connectivity index (χ4n) is 3.30. The van der Waals surface area contributed by atoms with Crippen molar-refractivity contribution >= 4 is 34.1 Å². The molecule has 1 aliphatic heterocycles. The molecule has 4 rings (SSSR count). The number of amides is 1. The first kappa shape index (κ1) is 17.6. The van der Waals surface area contributed by atoms with Crippen LogP contribution >= 0.6 is 11.3 Å². The van der Waals surface area contributed by atoms with Crippen LogP contribution in [0.4, 0.5) is 0 Å². The van der Waals surface area contributed by atoms with Gasteiger partial charge in [-0.1, -0.05) is 24.3 Å². The van der Waals surface area contributed by atoms with Gasteiger partial charge in [-0.3, -0.25) is 9.59 Å². The van der Waals surface area contributed by atoms with Crippen molar-refractivity contribution in [2.24, 2.45) is 0 Å². The number of carboxylic acids is 1. The number of hydrogen-bond acceptors (Lipinski definition) is 5.